The van der Waals surface area contributed by atoms with Gasteiger partial charge in [-0.15, -0.1) is 0 Å². The zero-order chi connectivity index (χ0) is 10.8. The summed E-state index contributed by atoms with van der Waals surface area (Å²) in [5.74, 6) is 1.10. The minimum Gasteiger partial charge on any atom is -0.348 e. The number of carbonyl (C=O) groups is 1. The van der Waals surface area contributed by atoms with Crippen LogP contribution in [0, 0.1) is 11.8 Å². The molecule has 1 atom stereocenters. The fourth-order valence-corrected chi connectivity index (χ4v) is 2.24. The van der Waals surface area contributed by atoms with Crippen LogP contribution in [-0.4, -0.2) is 15.8 Å². The van der Waals surface area contributed by atoms with E-state index in [1.807, 2.05) is 0 Å². The van der Waals surface area contributed by atoms with Crippen molar-refractivity contribution in [3.63, 3.8) is 0 Å². The van der Waals surface area contributed by atoms with E-state index in [0.29, 0.717) is 18.1 Å². The number of carbonyl (C=O) groups excluding carboxylic acids is 1. The van der Waals surface area contributed by atoms with Gasteiger partial charge in [-0.2, -0.15) is 0 Å². The molecule has 0 amide bonds. The van der Waals surface area contributed by atoms with E-state index in [0.717, 1.165) is 25.0 Å². The Kier molecular flexibility index (Phi) is 2.89. The molecule has 15 heavy (non-hydrogen) atoms. The van der Waals surface area contributed by atoms with Crippen molar-refractivity contribution in [1.29, 1.82) is 0 Å². The molecule has 82 valence electrons. The van der Waals surface area contributed by atoms with Gasteiger partial charge in [0.1, 0.15) is 5.78 Å². The van der Waals surface area contributed by atoms with Gasteiger partial charge in [0.25, 0.3) is 0 Å². The van der Waals surface area contributed by atoms with Crippen molar-refractivity contribution in [1.82, 2.24) is 9.97 Å². The van der Waals surface area contributed by atoms with Gasteiger partial charge in [0.05, 0.1) is 12.0 Å². The maximum atomic E-state index is 11.9. The smallest absolute Gasteiger partial charge is 0.136 e. The third kappa shape index (κ3) is 2.28. The lowest BCUT2D eigenvalue weighted by Crippen LogP contribution is -2.23. The number of fused-ring (bicyclic) bond motifs is 1. The fraction of sp³-hybridized carbons (Fsp3) is 0.667. The Labute approximate surface area is 90.3 Å². The number of aryl methyl sites for hydroxylation is 1. The molecule has 1 heterocycles. The molecule has 1 aliphatic rings. The second-order valence-electron chi connectivity index (χ2n) is 4.83. The lowest BCUT2D eigenvalue weighted by atomic mass is 9.84. The van der Waals surface area contributed by atoms with Crippen LogP contribution in [0.1, 0.15) is 38.1 Å². The lowest BCUT2D eigenvalue weighted by molar-refractivity contribution is -0.123. The molecule has 0 aromatic carbocycles. The molecule has 3 nitrogen and oxygen atoms in total. The first-order chi connectivity index (χ1) is 7.16. The van der Waals surface area contributed by atoms with E-state index >= 15 is 0 Å². The quantitative estimate of drug-likeness (QED) is 0.823. The zero-order valence-corrected chi connectivity index (χ0v) is 9.42. The third-order valence-corrected chi connectivity index (χ3v) is 3.05. The second-order valence-corrected chi connectivity index (χ2v) is 4.83. The molecular formula is C12H18N2O. The topological polar surface area (TPSA) is 45.8 Å². The van der Waals surface area contributed by atoms with Crippen LogP contribution in [-0.2, 0) is 17.6 Å². The molecule has 0 bridgehead atoms. The maximum absolute atomic E-state index is 11.9. The molecular weight excluding hydrogens is 188 g/mol. The summed E-state index contributed by atoms with van der Waals surface area (Å²) in [5, 5.41) is 0. The van der Waals surface area contributed by atoms with Crippen LogP contribution in [0.3, 0.4) is 0 Å². The van der Waals surface area contributed by atoms with E-state index in [1.165, 1.54) is 5.69 Å². The number of H-pyrrole nitrogens is 1. The van der Waals surface area contributed by atoms with Crippen LogP contribution in [0.5, 0.6) is 0 Å². The van der Waals surface area contributed by atoms with E-state index < -0.39 is 0 Å². The molecule has 1 aromatic heterocycles. The van der Waals surface area contributed by atoms with Crippen LogP contribution in [0.25, 0.3) is 0 Å². The molecule has 0 radical (unpaired) electrons. The normalized spacial score (nSPS) is 20.3. The molecule has 0 aliphatic heterocycles. The highest BCUT2D eigenvalue weighted by Gasteiger charge is 2.26. The molecule has 0 saturated heterocycles. The first-order valence-corrected chi connectivity index (χ1v) is 5.70. The third-order valence-electron chi connectivity index (χ3n) is 3.05. The van der Waals surface area contributed by atoms with Crippen LogP contribution < -0.4 is 0 Å². The Morgan fingerprint density at radius 1 is 1.67 bits per heavy atom. The number of aromatic nitrogens is 2. The zero-order valence-electron chi connectivity index (χ0n) is 9.42. The molecule has 0 spiro atoms. The highest BCUT2D eigenvalue weighted by molar-refractivity contribution is 5.81. The molecule has 1 N–H and O–H groups in total. The first kappa shape index (κ1) is 10.4. The van der Waals surface area contributed by atoms with Gasteiger partial charge in [-0.05, 0) is 18.8 Å². The molecule has 1 unspecified atom stereocenters. The van der Waals surface area contributed by atoms with Crippen LogP contribution >= 0.6 is 0 Å². The van der Waals surface area contributed by atoms with Crippen molar-refractivity contribution >= 4 is 5.78 Å². The second kappa shape index (κ2) is 4.17. The largest absolute Gasteiger partial charge is 0.348 e. The number of hydrogen-bond donors (Lipinski definition) is 1. The summed E-state index contributed by atoms with van der Waals surface area (Å²) in [4.78, 5) is 19.3. The average Bonchev–Trinajstić information content (AvgIpc) is 2.62. The Morgan fingerprint density at radius 3 is 3.20 bits per heavy atom. The summed E-state index contributed by atoms with van der Waals surface area (Å²) in [7, 11) is 0. The monoisotopic (exact) mass is 206 g/mol. The Morgan fingerprint density at radius 2 is 2.47 bits per heavy atom. The molecule has 3 heteroatoms. The Balaban J connectivity index is 2.00. The number of ketones is 1. The van der Waals surface area contributed by atoms with Crippen molar-refractivity contribution in [3.8, 4) is 0 Å². The highest BCUT2D eigenvalue weighted by Crippen LogP contribution is 2.25. The summed E-state index contributed by atoms with van der Waals surface area (Å²) < 4.78 is 0. The minimum atomic E-state index is 0.211. The lowest BCUT2D eigenvalue weighted by Gasteiger charge is -2.20. The van der Waals surface area contributed by atoms with Crippen molar-refractivity contribution < 1.29 is 4.79 Å². The molecule has 1 aliphatic carbocycles. The first-order valence-electron chi connectivity index (χ1n) is 5.70. The van der Waals surface area contributed by atoms with Crippen LogP contribution in [0.2, 0.25) is 0 Å². The van der Waals surface area contributed by atoms with Crippen molar-refractivity contribution in [2.24, 2.45) is 11.8 Å². The highest BCUT2D eigenvalue weighted by atomic mass is 16.1. The summed E-state index contributed by atoms with van der Waals surface area (Å²) in [6.45, 7) is 4.20. The van der Waals surface area contributed by atoms with Crippen molar-refractivity contribution in [2.45, 2.75) is 39.5 Å². The van der Waals surface area contributed by atoms with Gasteiger partial charge >= 0.3 is 0 Å². The predicted octanol–water partition coefficient (Wildman–Crippen LogP) is 2.13. The van der Waals surface area contributed by atoms with E-state index in [2.05, 4.69) is 23.8 Å². The van der Waals surface area contributed by atoms with Gasteiger partial charge < -0.3 is 4.98 Å². The van der Waals surface area contributed by atoms with Gasteiger partial charge in [0, 0.05) is 24.5 Å². The van der Waals surface area contributed by atoms with Crippen LogP contribution in [0.4, 0.5) is 0 Å². The number of nitrogens with one attached hydrogen (secondary N) is 1. The van der Waals surface area contributed by atoms with E-state index in [9.17, 15) is 4.79 Å². The number of rotatable bonds is 3. The van der Waals surface area contributed by atoms with E-state index in [1.54, 1.807) is 6.33 Å². The van der Waals surface area contributed by atoms with Gasteiger partial charge in [-0.25, -0.2) is 4.98 Å². The van der Waals surface area contributed by atoms with Gasteiger partial charge in [0.15, 0.2) is 0 Å². The number of nitrogens with zero attached hydrogens (tertiary/aromatic N) is 1. The van der Waals surface area contributed by atoms with E-state index in [4.69, 9.17) is 0 Å². The summed E-state index contributed by atoms with van der Waals surface area (Å²) >= 11 is 0. The predicted molar refractivity (Wildman–Crippen MR) is 58.6 cm³/mol. The van der Waals surface area contributed by atoms with Crippen LogP contribution in [0.15, 0.2) is 6.33 Å². The Bertz CT molecular complexity index is 354. The van der Waals surface area contributed by atoms with E-state index in [-0.39, 0.29) is 5.92 Å². The Hall–Kier alpha value is -1.12. The summed E-state index contributed by atoms with van der Waals surface area (Å²) in [5.41, 5.74) is 2.33. The number of aromatic amines is 1. The maximum Gasteiger partial charge on any atom is 0.136 e. The van der Waals surface area contributed by atoms with Gasteiger partial charge in [-0.1, -0.05) is 13.8 Å². The SMILES string of the molecule is CC(C)CC(=O)C1CCc2[nH]cnc2C1. The number of imidazole rings is 1. The summed E-state index contributed by atoms with van der Waals surface area (Å²) in [6, 6.07) is 0. The summed E-state index contributed by atoms with van der Waals surface area (Å²) in [6.07, 6.45) is 5.25. The molecule has 0 saturated carbocycles. The number of hydrogen-bond acceptors (Lipinski definition) is 2. The standard InChI is InChI=1S/C12H18N2O/c1-8(2)5-12(15)9-3-4-10-11(6-9)14-7-13-10/h7-9H,3-6H2,1-2H3,(H,13,14). The number of Topliss-reactive ketones (excluding diaryl/α,β-unsaturated/α-hetero) is 1. The van der Waals surface area contributed by atoms with Gasteiger partial charge in [-0.3, -0.25) is 4.79 Å². The van der Waals surface area contributed by atoms with Crippen molar-refractivity contribution in [2.75, 3.05) is 0 Å². The fourth-order valence-electron chi connectivity index (χ4n) is 2.24. The van der Waals surface area contributed by atoms with Crippen molar-refractivity contribution in [3.05, 3.63) is 17.7 Å². The minimum absolute atomic E-state index is 0.211. The average molecular weight is 206 g/mol. The molecule has 0 fully saturated rings. The molecule has 1 aromatic rings. The van der Waals surface area contributed by atoms with Gasteiger partial charge in [0.2, 0.25) is 0 Å². The molecule has 2 rings (SSSR count).